The van der Waals surface area contributed by atoms with E-state index in [4.69, 9.17) is 10.9 Å². The third-order valence-corrected chi connectivity index (χ3v) is 4.68. The molecule has 0 radical (unpaired) electrons. The van der Waals surface area contributed by atoms with E-state index in [9.17, 15) is 14.7 Å². The molecule has 10 nitrogen and oxygen atoms in total. The number of nitrogens with two attached hydrogens (primary N) is 1. The highest BCUT2D eigenvalue weighted by atomic mass is 16.5. The summed E-state index contributed by atoms with van der Waals surface area (Å²) in [5.74, 6) is 9.55. The van der Waals surface area contributed by atoms with Gasteiger partial charge in [0.25, 0.3) is 11.8 Å². The zero-order valence-corrected chi connectivity index (χ0v) is 17.5. The predicted molar refractivity (Wildman–Crippen MR) is 118 cm³/mol. The van der Waals surface area contributed by atoms with Crippen LogP contribution in [-0.4, -0.2) is 43.6 Å². The van der Waals surface area contributed by atoms with E-state index in [2.05, 4.69) is 44.4 Å². The molecule has 33 heavy (non-hydrogen) atoms. The minimum Gasteiger partial charge on any atom is -0.399 e. The Kier molecular flexibility index (Phi) is 7.06. The molecule has 0 saturated heterocycles. The highest BCUT2D eigenvalue weighted by Crippen LogP contribution is 2.22. The number of H-pyrrole nitrogens is 1. The van der Waals surface area contributed by atoms with Crippen molar-refractivity contribution in [1.29, 1.82) is 0 Å². The van der Waals surface area contributed by atoms with Crippen molar-refractivity contribution in [3.63, 3.8) is 0 Å². The molecule has 2 amide bonds. The second-order valence-electron chi connectivity index (χ2n) is 7.09. The van der Waals surface area contributed by atoms with Gasteiger partial charge in [-0.1, -0.05) is 17.1 Å². The average Bonchev–Trinajstić information content (AvgIpc) is 3.37. The molecule has 10 heteroatoms. The monoisotopic (exact) mass is 444 g/mol. The molecule has 0 fully saturated rings. The number of hydrogen-bond donors (Lipinski definition) is 6. The molecule has 0 saturated carbocycles. The highest BCUT2D eigenvalue weighted by molar-refractivity contribution is 5.97. The van der Waals surface area contributed by atoms with Gasteiger partial charge >= 0.3 is 0 Å². The summed E-state index contributed by atoms with van der Waals surface area (Å²) in [5, 5.41) is 31.8. The second kappa shape index (κ2) is 10.1. The molecule has 0 bridgehead atoms. The third-order valence-electron chi connectivity index (χ3n) is 4.68. The molecule has 2 aromatic carbocycles. The van der Waals surface area contributed by atoms with Crippen LogP contribution in [0.25, 0.3) is 0 Å². The number of hydroxylamine groups is 1. The van der Waals surface area contributed by atoms with E-state index in [0.29, 0.717) is 11.3 Å². The maximum atomic E-state index is 12.6. The topological polar surface area (TPSA) is 166 Å². The van der Waals surface area contributed by atoms with Gasteiger partial charge in [-0.05, 0) is 67.3 Å². The number of anilines is 1. The predicted octanol–water partition coefficient (Wildman–Crippen LogP) is 0.302. The standard InChI is InChI=1S/C23H20N6O4/c1-23(32,19-14-25-29-27-19)20(22(31)28-33)26-21(30)17-10-6-15(7-11-17)4-2-3-5-16-8-12-18(24)13-9-16/h6-14,20,32-33H,24H2,1H3,(H,26,30)(H,28,31)(H,25,27,29)/t20-,23+/m1/s1. The number of aromatic amines is 1. The van der Waals surface area contributed by atoms with Crippen molar-refractivity contribution < 1.29 is 19.9 Å². The quantitative estimate of drug-likeness (QED) is 0.142. The van der Waals surface area contributed by atoms with E-state index in [1.165, 1.54) is 30.7 Å². The lowest BCUT2D eigenvalue weighted by Crippen LogP contribution is -2.57. The van der Waals surface area contributed by atoms with Gasteiger partial charge in [0.2, 0.25) is 0 Å². The Bertz CT molecular complexity index is 1240. The molecule has 3 aromatic rings. The van der Waals surface area contributed by atoms with Gasteiger partial charge in [0.1, 0.15) is 17.3 Å². The van der Waals surface area contributed by atoms with Gasteiger partial charge in [0.15, 0.2) is 0 Å². The maximum absolute atomic E-state index is 12.6. The van der Waals surface area contributed by atoms with Crippen LogP contribution in [0.5, 0.6) is 0 Å². The van der Waals surface area contributed by atoms with Gasteiger partial charge in [-0.15, -0.1) is 5.10 Å². The molecule has 1 aromatic heterocycles. The minimum absolute atomic E-state index is 0.00195. The van der Waals surface area contributed by atoms with Crippen LogP contribution in [0.15, 0.2) is 54.7 Å². The van der Waals surface area contributed by atoms with Crippen LogP contribution in [0.2, 0.25) is 0 Å². The Labute approximate surface area is 189 Å². The van der Waals surface area contributed by atoms with Crippen molar-refractivity contribution in [2.45, 2.75) is 18.6 Å². The summed E-state index contributed by atoms with van der Waals surface area (Å²) in [4.78, 5) is 24.8. The second-order valence-corrected chi connectivity index (χ2v) is 7.09. The summed E-state index contributed by atoms with van der Waals surface area (Å²) in [6, 6.07) is 11.8. The Balaban J connectivity index is 1.70. The molecule has 7 N–H and O–H groups in total. The van der Waals surface area contributed by atoms with Crippen LogP contribution in [0.3, 0.4) is 0 Å². The van der Waals surface area contributed by atoms with Gasteiger partial charge in [-0.3, -0.25) is 19.9 Å². The van der Waals surface area contributed by atoms with Gasteiger partial charge < -0.3 is 16.2 Å². The number of nitrogens with zero attached hydrogens (tertiary/aromatic N) is 2. The number of rotatable bonds is 5. The Morgan fingerprint density at radius 1 is 1.06 bits per heavy atom. The fourth-order valence-corrected chi connectivity index (χ4v) is 2.82. The molecule has 2 atom stereocenters. The van der Waals surface area contributed by atoms with Gasteiger partial charge in [0.05, 0.1) is 0 Å². The van der Waals surface area contributed by atoms with E-state index in [-0.39, 0.29) is 11.3 Å². The Morgan fingerprint density at radius 2 is 1.64 bits per heavy atom. The zero-order chi connectivity index (χ0) is 23.8. The number of nitrogens with one attached hydrogen (secondary N) is 3. The first kappa shape index (κ1) is 23.0. The van der Waals surface area contributed by atoms with Gasteiger partial charge in [-0.25, -0.2) is 5.48 Å². The van der Waals surface area contributed by atoms with Crippen LogP contribution in [0.1, 0.15) is 34.1 Å². The summed E-state index contributed by atoms with van der Waals surface area (Å²) in [6.07, 6.45) is 1.27. The first-order valence-electron chi connectivity index (χ1n) is 9.63. The number of carbonyl (C=O) groups is 2. The fourth-order valence-electron chi connectivity index (χ4n) is 2.82. The lowest BCUT2D eigenvalue weighted by molar-refractivity contribution is -0.138. The van der Waals surface area contributed by atoms with Crippen LogP contribution < -0.4 is 16.5 Å². The van der Waals surface area contributed by atoms with Crippen molar-refractivity contribution in [1.82, 2.24) is 26.2 Å². The van der Waals surface area contributed by atoms with Gasteiger partial charge in [-0.2, -0.15) is 0 Å². The van der Waals surface area contributed by atoms with Crippen molar-refractivity contribution in [3.8, 4) is 23.7 Å². The van der Waals surface area contributed by atoms with E-state index < -0.39 is 23.5 Å². The Hall–Kier alpha value is -4.64. The number of carbonyl (C=O) groups excluding carboxylic acids is 2. The minimum atomic E-state index is -1.95. The van der Waals surface area contributed by atoms with E-state index in [1.54, 1.807) is 36.4 Å². The fraction of sp³-hybridized carbons (Fsp3) is 0.130. The van der Waals surface area contributed by atoms with Crippen molar-refractivity contribution in [2.24, 2.45) is 0 Å². The molecule has 0 unspecified atom stereocenters. The molecule has 0 spiro atoms. The molecular weight excluding hydrogens is 424 g/mol. The summed E-state index contributed by atoms with van der Waals surface area (Å²) < 4.78 is 0. The average molecular weight is 444 g/mol. The van der Waals surface area contributed by atoms with Crippen molar-refractivity contribution in [3.05, 3.63) is 77.1 Å². The van der Waals surface area contributed by atoms with Crippen LogP contribution in [-0.2, 0) is 10.4 Å². The molecule has 1 heterocycles. The number of aliphatic hydroxyl groups is 1. The van der Waals surface area contributed by atoms with E-state index in [1.807, 2.05) is 0 Å². The SMILES string of the molecule is C[C@](O)(c1c[nH]nn1)[C@H](NC(=O)c1ccc(C#CC#Cc2ccc(N)cc2)cc1)C(=O)NO. The maximum Gasteiger partial charge on any atom is 0.269 e. The summed E-state index contributed by atoms with van der Waals surface area (Å²) in [6.45, 7) is 1.26. The van der Waals surface area contributed by atoms with Gasteiger partial charge in [0, 0.05) is 28.6 Å². The third kappa shape index (κ3) is 5.74. The first-order chi connectivity index (χ1) is 15.8. The Morgan fingerprint density at radius 3 is 2.15 bits per heavy atom. The van der Waals surface area contributed by atoms with Crippen LogP contribution >= 0.6 is 0 Å². The van der Waals surface area contributed by atoms with Crippen LogP contribution in [0, 0.1) is 23.7 Å². The lowest BCUT2D eigenvalue weighted by Gasteiger charge is -2.29. The number of benzene rings is 2. The number of amides is 2. The molecule has 0 aliphatic heterocycles. The zero-order valence-electron chi connectivity index (χ0n) is 17.5. The molecule has 3 rings (SSSR count). The van der Waals surface area contributed by atoms with Crippen LogP contribution in [0.4, 0.5) is 5.69 Å². The smallest absolute Gasteiger partial charge is 0.269 e. The highest BCUT2D eigenvalue weighted by Gasteiger charge is 2.42. The first-order valence-corrected chi connectivity index (χ1v) is 9.63. The summed E-state index contributed by atoms with van der Waals surface area (Å²) >= 11 is 0. The largest absolute Gasteiger partial charge is 0.399 e. The summed E-state index contributed by atoms with van der Waals surface area (Å²) in [7, 11) is 0. The molecule has 166 valence electrons. The lowest BCUT2D eigenvalue weighted by atomic mass is 9.92. The number of nitrogen functional groups attached to an aromatic ring is 1. The van der Waals surface area contributed by atoms with Crippen molar-refractivity contribution in [2.75, 3.05) is 5.73 Å². The normalized spacial score (nSPS) is 12.7. The summed E-state index contributed by atoms with van der Waals surface area (Å²) in [5.41, 5.74) is 7.38. The number of hydrogen-bond acceptors (Lipinski definition) is 7. The molecule has 0 aliphatic carbocycles. The van der Waals surface area contributed by atoms with E-state index >= 15 is 0 Å². The number of aromatic nitrogens is 3. The molecular formula is C23H20N6O4. The van der Waals surface area contributed by atoms with E-state index in [0.717, 1.165) is 5.56 Å². The van der Waals surface area contributed by atoms with Crippen molar-refractivity contribution >= 4 is 17.5 Å². The molecule has 0 aliphatic rings.